The predicted molar refractivity (Wildman–Crippen MR) is 179 cm³/mol. The molecule has 234 valence electrons. The van der Waals surface area contributed by atoms with Gasteiger partial charge in [-0.05, 0) is 66.6 Å². The molecule has 8 heteroatoms. The van der Waals surface area contributed by atoms with Crippen LogP contribution in [0.15, 0.2) is 103 Å². The molecule has 2 heterocycles. The minimum Gasteiger partial charge on any atom is -0.478 e. The number of aryl methyl sites for hydroxylation is 1. The van der Waals surface area contributed by atoms with Crippen molar-refractivity contribution in [1.82, 2.24) is 14.5 Å². The van der Waals surface area contributed by atoms with Crippen molar-refractivity contribution in [2.45, 2.75) is 26.5 Å². The number of halogens is 1. The topological polar surface area (TPSA) is 86.5 Å². The van der Waals surface area contributed by atoms with Gasteiger partial charge in [0.1, 0.15) is 18.2 Å². The molecule has 0 fully saturated rings. The molecule has 0 unspecified atom stereocenters. The first kappa shape index (κ1) is 31.2. The van der Waals surface area contributed by atoms with E-state index in [1.165, 1.54) is 6.07 Å². The van der Waals surface area contributed by atoms with Crippen molar-refractivity contribution in [3.63, 3.8) is 0 Å². The van der Waals surface area contributed by atoms with Crippen molar-refractivity contribution < 1.29 is 23.8 Å². The number of aromatic carboxylic acids is 1. The molecule has 6 rings (SSSR count). The van der Waals surface area contributed by atoms with Crippen molar-refractivity contribution in [2.75, 3.05) is 13.7 Å². The van der Waals surface area contributed by atoms with Gasteiger partial charge in [0.15, 0.2) is 0 Å². The Morgan fingerprint density at radius 2 is 1.72 bits per heavy atom. The third-order valence-electron chi connectivity index (χ3n) is 7.77. The van der Waals surface area contributed by atoms with Gasteiger partial charge in [0, 0.05) is 48.4 Å². The van der Waals surface area contributed by atoms with Crippen LogP contribution in [0.2, 0.25) is 0 Å². The van der Waals surface area contributed by atoms with E-state index in [0.29, 0.717) is 42.2 Å². The van der Waals surface area contributed by atoms with Crippen LogP contribution in [0.5, 0.6) is 5.88 Å². The Balaban J connectivity index is 1.36. The molecular formula is C39H32FN3O4. The van der Waals surface area contributed by atoms with Crippen molar-refractivity contribution in [2.24, 2.45) is 0 Å². The number of ether oxygens (including phenoxy) is 2. The second-order valence-electron chi connectivity index (χ2n) is 11.1. The Morgan fingerprint density at radius 3 is 2.51 bits per heavy atom. The monoisotopic (exact) mass is 625 g/mol. The number of rotatable bonds is 10. The van der Waals surface area contributed by atoms with Crippen molar-refractivity contribution in [3.05, 3.63) is 148 Å². The van der Waals surface area contributed by atoms with Crippen LogP contribution in [0.25, 0.3) is 22.3 Å². The van der Waals surface area contributed by atoms with Crippen molar-refractivity contribution in [1.29, 1.82) is 0 Å². The van der Waals surface area contributed by atoms with Crippen LogP contribution in [0.1, 0.15) is 44.0 Å². The molecular weight excluding hydrogens is 593 g/mol. The normalized spacial score (nSPS) is 10.9. The number of aromatic nitrogens is 3. The summed E-state index contributed by atoms with van der Waals surface area (Å²) >= 11 is 0. The maximum absolute atomic E-state index is 14.4. The van der Waals surface area contributed by atoms with Gasteiger partial charge in [-0.1, -0.05) is 60.4 Å². The van der Waals surface area contributed by atoms with Gasteiger partial charge in [0.2, 0.25) is 5.88 Å². The molecule has 4 aromatic carbocycles. The minimum absolute atomic E-state index is 0.0628. The lowest BCUT2D eigenvalue weighted by Crippen LogP contribution is -2.10. The molecule has 0 amide bonds. The summed E-state index contributed by atoms with van der Waals surface area (Å²) in [6, 6.07) is 31.3. The molecule has 47 heavy (non-hydrogen) atoms. The van der Waals surface area contributed by atoms with E-state index >= 15 is 0 Å². The number of imidazole rings is 1. The summed E-state index contributed by atoms with van der Waals surface area (Å²) in [6.07, 6.45) is 0.457. The van der Waals surface area contributed by atoms with Crippen molar-refractivity contribution >= 4 is 17.0 Å². The number of fused-ring (bicyclic) bond motifs is 1. The summed E-state index contributed by atoms with van der Waals surface area (Å²) in [4.78, 5) is 21.3. The molecule has 1 N–H and O–H groups in total. The van der Waals surface area contributed by atoms with Crippen LogP contribution < -0.4 is 4.74 Å². The number of pyridine rings is 1. The number of carbonyl (C=O) groups is 1. The lowest BCUT2D eigenvalue weighted by atomic mass is 9.99. The maximum atomic E-state index is 14.4. The summed E-state index contributed by atoms with van der Waals surface area (Å²) in [5.74, 6) is 6.49. The molecule has 0 saturated heterocycles. The molecule has 0 aliphatic rings. The summed E-state index contributed by atoms with van der Waals surface area (Å²) in [5, 5.41) is 9.58. The standard InChI is InChI=1S/C39H32FN3O4/c1-26-11-13-32(33(40)21-26)25-47-38-10-6-9-34(42-38)30-16-15-29(28(22-30)14-12-27-7-4-3-5-8-27)24-37-41-35-18-17-31(39(44)45)23-36(35)43(37)19-20-46-2/h3-11,13,15-18,21-23H,19-20,24-25H2,1-2H3,(H,44,45). The van der Waals surface area contributed by atoms with Crippen LogP contribution in [0, 0.1) is 24.6 Å². The third kappa shape index (κ3) is 7.38. The number of methoxy groups -OCH3 is 1. The third-order valence-corrected chi connectivity index (χ3v) is 7.77. The second-order valence-corrected chi connectivity index (χ2v) is 11.1. The van der Waals surface area contributed by atoms with E-state index < -0.39 is 5.97 Å². The quantitative estimate of drug-likeness (QED) is 0.159. The molecule has 0 spiro atoms. The minimum atomic E-state index is -0.993. The van der Waals surface area contributed by atoms with Crippen LogP contribution >= 0.6 is 0 Å². The summed E-state index contributed by atoms with van der Waals surface area (Å²) in [6.45, 7) is 2.86. The molecule has 7 nitrogen and oxygen atoms in total. The predicted octanol–water partition coefficient (Wildman–Crippen LogP) is 7.46. The van der Waals surface area contributed by atoms with E-state index in [2.05, 4.69) is 11.8 Å². The highest BCUT2D eigenvalue weighted by molar-refractivity contribution is 5.92. The SMILES string of the molecule is COCCn1c(Cc2ccc(-c3cccc(OCc4ccc(C)cc4F)n3)cc2C#Cc2ccccc2)nc2ccc(C(=O)O)cc21. The van der Waals surface area contributed by atoms with Crippen molar-refractivity contribution in [3.8, 4) is 29.0 Å². The fourth-order valence-electron chi connectivity index (χ4n) is 5.29. The molecule has 0 radical (unpaired) electrons. The van der Waals surface area contributed by atoms with E-state index in [-0.39, 0.29) is 18.0 Å². The van der Waals surface area contributed by atoms with Gasteiger partial charge in [-0.25, -0.2) is 19.2 Å². The van der Waals surface area contributed by atoms with Gasteiger partial charge in [-0.2, -0.15) is 0 Å². The zero-order valence-corrected chi connectivity index (χ0v) is 26.0. The Kier molecular flexibility index (Phi) is 9.37. The lowest BCUT2D eigenvalue weighted by molar-refractivity contribution is 0.0697. The number of hydrogen-bond donors (Lipinski definition) is 1. The van der Waals surface area contributed by atoms with Gasteiger partial charge in [0.05, 0.1) is 28.9 Å². The number of benzene rings is 4. The van der Waals surface area contributed by atoms with Gasteiger partial charge in [0.25, 0.3) is 0 Å². The fourth-order valence-corrected chi connectivity index (χ4v) is 5.29. The van der Waals surface area contributed by atoms with Crippen LogP contribution in [0.4, 0.5) is 4.39 Å². The first-order valence-electron chi connectivity index (χ1n) is 15.1. The Hall–Kier alpha value is -5.78. The Bertz CT molecular complexity index is 2130. The number of carboxylic acid groups (broad SMARTS) is 1. The molecule has 6 aromatic rings. The smallest absolute Gasteiger partial charge is 0.335 e. The summed E-state index contributed by atoms with van der Waals surface area (Å²) < 4.78 is 27.6. The average molecular weight is 626 g/mol. The highest BCUT2D eigenvalue weighted by Gasteiger charge is 2.16. The molecule has 0 bridgehead atoms. The van der Waals surface area contributed by atoms with Gasteiger partial charge in [-0.3, -0.25) is 0 Å². The van der Waals surface area contributed by atoms with E-state index in [9.17, 15) is 14.3 Å². The highest BCUT2D eigenvalue weighted by atomic mass is 19.1. The largest absolute Gasteiger partial charge is 0.478 e. The van der Waals surface area contributed by atoms with Gasteiger partial charge >= 0.3 is 5.97 Å². The fraction of sp³-hybridized carbons (Fsp3) is 0.154. The zero-order chi connectivity index (χ0) is 32.8. The van der Waals surface area contributed by atoms with Crippen LogP contribution in [0.3, 0.4) is 0 Å². The molecule has 0 atom stereocenters. The Labute approximate surface area is 272 Å². The first-order valence-corrected chi connectivity index (χ1v) is 15.1. The molecule has 2 aromatic heterocycles. The molecule has 0 aliphatic carbocycles. The number of carboxylic acids is 1. The van der Waals surface area contributed by atoms with E-state index in [0.717, 1.165) is 39.2 Å². The van der Waals surface area contributed by atoms with E-state index in [1.807, 2.05) is 78.2 Å². The Morgan fingerprint density at radius 1 is 0.894 bits per heavy atom. The van der Waals surface area contributed by atoms with Gasteiger partial charge < -0.3 is 19.1 Å². The summed E-state index contributed by atoms with van der Waals surface area (Å²) in [7, 11) is 1.63. The van der Waals surface area contributed by atoms with E-state index in [1.54, 1.807) is 37.4 Å². The first-order chi connectivity index (χ1) is 22.9. The number of hydrogen-bond acceptors (Lipinski definition) is 5. The highest BCUT2D eigenvalue weighted by Crippen LogP contribution is 2.27. The zero-order valence-electron chi connectivity index (χ0n) is 26.0. The molecule has 0 aliphatic heterocycles. The maximum Gasteiger partial charge on any atom is 0.335 e. The number of nitrogens with zero attached hydrogens (tertiary/aromatic N) is 3. The molecule has 0 saturated carbocycles. The van der Waals surface area contributed by atoms with Crippen LogP contribution in [-0.4, -0.2) is 39.3 Å². The second kappa shape index (κ2) is 14.1. The van der Waals surface area contributed by atoms with Gasteiger partial charge in [-0.15, -0.1) is 0 Å². The lowest BCUT2D eigenvalue weighted by Gasteiger charge is -2.12. The summed E-state index contributed by atoms with van der Waals surface area (Å²) in [5.41, 5.74) is 7.12. The van der Waals surface area contributed by atoms with E-state index in [4.69, 9.17) is 19.4 Å². The average Bonchev–Trinajstić information content (AvgIpc) is 3.42. The van der Waals surface area contributed by atoms with Crippen LogP contribution in [-0.2, 0) is 24.3 Å².